The summed E-state index contributed by atoms with van der Waals surface area (Å²) in [6.45, 7) is 5.49. The largest absolute Gasteiger partial charge is 0.469 e. The van der Waals surface area contributed by atoms with Crippen molar-refractivity contribution in [1.82, 2.24) is 5.32 Å². The van der Waals surface area contributed by atoms with Crippen LogP contribution in [0.25, 0.3) is 0 Å². The third-order valence-corrected chi connectivity index (χ3v) is 3.75. The van der Waals surface area contributed by atoms with Crippen LogP contribution >= 0.6 is 15.9 Å². The Morgan fingerprint density at radius 3 is 2.60 bits per heavy atom. The van der Waals surface area contributed by atoms with Gasteiger partial charge in [-0.2, -0.15) is 0 Å². The minimum atomic E-state index is -0.638. The summed E-state index contributed by atoms with van der Waals surface area (Å²) < 4.78 is 24.2. The molecule has 0 bridgehead atoms. The molecule has 0 fully saturated rings. The Labute approximate surface area is 155 Å². The molecule has 6 nitrogen and oxygen atoms in total. The molecule has 1 aromatic rings. The molecule has 2 N–H and O–H groups in total. The van der Waals surface area contributed by atoms with Crippen molar-refractivity contribution < 1.29 is 23.5 Å². The number of hydrogen-bond donors (Lipinski definition) is 2. The van der Waals surface area contributed by atoms with Crippen molar-refractivity contribution in [3.63, 3.8) is 0 Å². The Bertz CT molecular complexity index is 605. The van der Waals surface area contributed by atoms with Crippen LogP contribution in [0, 0.1) is 5.82 Å². The summed E-state index contributed by atoms with van der Waals surface area (Å²) in [5, 5.41) is 5.63. The number of rotatable bonds is 7. The van der Waals surface area contributed by atoms with E-state index in [0.29, 0.717) is 16.6 Å². The maximum Gasteiger partial charge on any atom is 0.407 e. The van der Waals surface area contributed by atoms with Gasteiger partial charge in [-0.1, -0.05) is 6.07 Å². The van der Waals surface area contributed by atoms with E-state index < -0.39 is 23.6 Å². The Balaban J connectivity index is 2.71. The summed E-state index contributed by atoms with van der Waals surface area (Å²) in [5.74, 6) is -0.809. The van der Waals surface area contributed by atoms with Crippen molar-refractivity contribution in [1.29, 1.82) is 0 Å². The minimum absolute atomic E-state index is 0.125. The van der Waals surface area contributed by atoms with Crippen LogP contribution in [-0.4, -0.2) is 37.4 Å². The second kappa shape index (κ2) is 9.60. The van der Waals surface area contributed by atoms with E-state index in [4.69, 9.17) is 4.74 Å². The lowest BCUT2D eigenvalue weighted by Crippen LogP contribution is -2.43. The first-order valence-electron chi connectivity index (χ1n) is 7.86. The van der Waals surface area contributed by atoms with Gasteiger partial charge in [-0.3, -0.25) is 4.79 Å². The third-order valence-electron chi connectivity index (χ3n) is 3.14. The highest BCUT2D eigenvalue weighted by Crippen LogP contribution is 2.22. The van der Waals surface area contributed by atoms with E-state index in [1.165, 1.54) is 7.11 Å². The second-order valence-electron chi connectivity index (χ2n) is 6.44. The summed E-state index contributed by atoms with van der Waals surface area (Å²) in [6, 6.07) is 4.44. The summed E-state index contributed by atoms with van der Waals surface area (Å²) >= 11 is 3.12. The Kier molecular flexibility index (Phi) is 8.15. The summed E-state index contributed by atoms with van der Waals surface area (Å²) in [6.07, 6.45) is -0.146. The molecule has 1 aromatic carbocycles. The number of ether oxygens (including phenoxy) is 2. The number of carbonyl (C=O) groups is 2. The molecule has 1 rings (SSSR count). The fourth-order valence-electron chi connectivity index (χ4n) is 1.97. The molecule has 0 unspecified atom stereocenters. The molecular weight excluding hydrogens is 395 g/mol. The highest BCUT2D eigenvalue weighted by atomic mass is 79.9. The lowest BCUT2D eigenvalue weighted by atomic mass is 10.1. The van der Waals surface area contributed by atoms with Gasteiger partial charge in [0, 0.05) is 19.0 Å². The lowest BCUT2D eigenvalue weighted by Gasteiger charge is -2.24. The van der Waals surface area contributed by atoms with E-state index in [0.717, 1.165) is 0 Å². The lowest BCUT2D eigenvalue weighted by molar-refractivity contribution is -0.140. The van der Waals surface area contributed by atoms with Gasteiger partial charge in [-0.15, -0.1) is 0 Å². The number of esters is 1. The molecule has 140 valence electrons. The molecule has 0 aliphatic rings. The number of benzene rings is 1. The predicted octanol–water partition coefficient (Wildman–Crippen LogP) is 3.85. The van der Waals surface area contributed by atoms with Crippen molar-refractivity contribution in [2.75, 3.05) is 19.0 Å². The molecule has 0 aromatic heterocycles. The highest BCUT2D eigenvalue weighted by molar-refractivity contribution is 9.10. The zero-order valence-corrected chi connectivity index (χ0v) is 16.4. The zero-order valence-electron chi connectivity index (χ0n) is 14.8. The van der Waals surface area contributed by atoms with Crippen LogP contribution in [0.5, 0.6) is 0 Å². The van der Waals surface area contributed by atoms with Gasteiger partial charge in [0.15, 0.2) is 5.82 Å². The molecule has 0 spiro atoms. The van der Waals surface area contributed by atoms with E-state index in [-0.39, 0.29) is 18.9 Å². The summed E-state index contributed by atoms with van der Waals surface area (Å²) in [5.41, 5.74) is -0.343. The van der Waals surface area contributed by atoms with Gasteiger partial charge in [0.2, 0.25) is 0 Å². The van der Waals surface area contributed by atoms with Gasteiger partial charge in [0.25, 0.3) is 0 Å². The van der Waals surface area contributed by atoms with Gasteiger partial charge in [0.1, 0.15) is 5.60 Å². The normalized spacial score (nSPS) is 12.2. The minimum Gasteiger partial charge on any atom is -0.469 e. The van der Waals surface area contributed by atoms with Crippen LogP contribution in [0.15, 0.2) is 22.7 Å². The standard InChI is InChI=1S/C17H24BrFN2O4/c1-17(2,3)25-16(23)21-11(8-9-14(22)24-4)10-20-13-7-5-6-12(18)15(13)19/h5-7,11,20H,8-10H2,1-4H3,(H,21,23)/t11-/m0/s1. The number of alkyl carbamates (subject to hydrolysis) is 1. The van der Waals surface area contributed by atoms with Crippen LogP contribution in [0.2, 0.25) is 0 Å². The van der Waals surface area contributed by atoms with Crippen LogP contribution in [0.4, 0.5) is 14.9 Å². The van der Waals surface area contributed by atoms with E-state index in [2.05, 4.69) is 31.3 Å². The Morgan fingerprint density at radius 1 is 1.32 bits per heavy atom. The first-order chi connectivity index (χ1) is 11.6. The van der Waals surface area contributed by atoms with E-state index in [9.17, 15) is 14.0 Å². The summed E-state index contributed by atoms with van der Waals surface area (Å²) in [7, 11) is 1.30. The fraction of sp³-hybridized carbons (Fsp3) is 0.529. The van der Waals surface area contributed by atoms with Crippen molar-refractivity contribution in [2.45, 2.75) is 45.3 Å². The first kappa shape index (κ1) is 21.2. The Morgan fingerprint density at radius 2 is 2.00 bits per heavy atom. The number of hydrogen-bond acceptors (Lipinski definition) is 5. The number of methoxy groups -OCH3 is 1. The maximum atomic E-state index is 14.0. The molecule has 0 aliphatic carbocycles. The monoisotopic (exact) mass is 418 g/mol. The smallest absolute Gasteiger partial charge is 0.407 e. The number of anilines is 1. The topological polar surface area (TPSA) is 76.7 Å². The molecule has 0 saturated heterocycles. The molecule has 8 heteroatoms. The molecular formula is C17H24BrFN2O4. The third kappa shape index (κ3) is 8.20. The van der Waals surface area contributed by atoms with Crippen molar-refractivity contribution in [3.05, 3.63) is 28.5 Å². The van der Waals surface area contributed by atoms with Crippen molar-refractivity contribution in [3.8, 4) is 0 Å². The first-order valence-corrected chi connectivity index (χ1v) is 8.66. The van der Waals surface area contributed by atoms with Gasteiger partial charge in [-0.05, 0) is 55.3 Å². The maximum absolute atomic E-state index is 14.0. The predicted molar refractivity (Wildman–Crippen MR) is 97.0 cm³/mol. The zero-order chi connectivity index (χ0) is 19.0. The van der Waals surface area contributed by atoms with E-state index >= 15 is 0 Å². The van der Waals surface area contributed by atoms with E-state index in [1.807, 2.05) is 0 Å². The van der Waals surface area contributed by atoms with Crippen LogP contribution in [0.1, 0.15) is 33.6 Å². The van der Waals surface area contributed by atoms with Crippen molar-refractivity contribution >= 4 is 33.7 Å². The highest BCUT2D eigenvalue weighted by Gasteiger charge is 2.20. The number of halogens is 2. The number of amides is 1. The molecule has 1 amide bonds. The SMILES string of the molecule is COC(=O)CC[C@@H](CNc1cccc(Br)c1F)NC(=O)OC(C)(C)C. The molecule has 0 saturated carbocycles. The van der Waals surface area contributed by atoms with Crippen LogP contribution < -0.4 is 10.6 Å². The average molecular weight is 419 g/mol. The van der Waals surface area contributed by atoms with Crippen molar-refractivity contribution in [2.24, 2.45) is 0 Å². The van der Waals surface area contributed by atoms with Crippen LogP contribution in [0.3, 0.4) is 0 Å². The molecule has 0 radical (unpaired) electrons. The molecule has 25 heavy (non-hydrogen) atoms. The van der Waals surface area contributed by atoms with Crippen LogP contribution in [-0.2, 0) is 14.3 Å². The second-order valence-corrected chi connectivity index (χ2v) is 7.29. The molecule has 1 atom stereocenters. The molecule has 0 aliphatic heterocycles. The number of nitrogens with one attached hydrogen (secondary N) is 2. The number of carbonyl (C=O) groups excluding carboxylic acids is 2. The summed E-state index contributed by atoms with van der Waals surface area (Å²) in [4.78, 5) is 23.3. The quantitative estimate of drug-likeness (QED) is 0.657. The fourth-order valence-corrected chi connectivity index (χ4v) is 2.33. The molecule has 0 heterocycles. The van der Waals surface area contributed by atoms with Gasteiger partial charge in [-0.25, -0.2) is 9.18 Å². The average Bonchev–Trinajstić information content (AvgIpc) is 2.51. The van der Waals surface area contributed by atoms with E-state index in [1.54, 1.807) is 39.0 Å². The van der Waals surface area contributed by atoms with Gasteiger partial charge in [0.05, 0.1) is 17.3 Å². The van der Waals surface area contributed by atoms with Gasteiger partial charge < -0.3 is 20.1 Å². The van der Waals surface area contributed by atoms with Gasteiger partial charge >= 0.3 is 12.1 Å². The Hall–Kier alpha value is -1.83.